The van der Waals surface area contributed by atoms with Crippen LogP contribution < -0.4 is 15.2 Å². The summed E-state index contributed by atoms with van der Waals surface area (Å²) >= 11 is 0. The van der Waals surface area contributed by atoms with Gasteiger partial charge in [0.15, 0.2) is 17.6 Å². The number of rotatable bonds is 8. The Morgan fingerprint density at radius 3 is 2.96 bits per heavy atom. The average Bonchev–Trinajstić information content (AvgIpc) is 3.04. The van der Waals surface area contributed by atoms with Gasteiger partial charge < -0.3 is 25.1 Å². The van der Waals surface area contributed by atoms with Crippen molar-refractivity contribution in [3.8, 4) is 11.5 Å². The topological polar surface area (TPSA) is 73.9 Å². The fraction of sp³-hybridized carbons (Fsp3) is 0.700. The molecule has 3 unspecified atom stereocenters. The number of hydrogen-bond acceptors (Lipinski definition) is 5. The molecule has 3 rings (SSSR count). The van der Waals surface area contributed by atoms with Crippen LogP contribution in [0.3, 0.4) is 0 Å². The van der Waals surface area contributed by atoms with Gasteiger partial charge in [0.25, 0.3) is 0 Å². The van der Waals surface area contributed by atoms with Crippen molar-refractivity contribution in [2.75, 3.05) is 26.4 Å². The Morgan fingerprint density at radius 1 is 1.32 bits per heavy atom. The average molecular weight is 349 g/mol. The molecular weight excluding hydrogens is 318 g/mol. The predicted molar refractivity (Wildman–Crippen MR) is 97.3 cm³/mol. The van der Waals surface area contributed by atoms with Gasteiger partial charge in [0.05, 0.1) is 13.2 Å². The van der Waals surface area contributed by atoms with Crippen LogP contribution in [-0.4, -0.2) is 43.2 Å². The van der Waals surface area contributed by atoms with E-state index in [0.29, 0.717) is 19.1 Å². The van der Waals surface area contributed by atoms with Crippen LogP contribution in [0.15, 0.2) is 18.2 Å². The first-order valence-corrected chi connectivity index (χ1v) is 9.54. The Bertz CT molecular complexity index is 565. The molecule has 0 amide bonds. The SMILES string of the molecule is CCCCCOCC1COc2cc(C3CCC(N)(CO)C3)ccc2O1. The first kappa shape index (κ1) is 18.5. The van der Waals surface area contributed by atoms with Gasteiger partial charge in [0, 0.05) is 12.1 Å². The summed E-state index contributed by atoms with van der Waals surface area (Å²) in [6.45, 7) is 4.11. The van der Waals surface area contributed by atoms with Crippen molar-refractivity contribution >= 4 is 0 Å². The summed E-state index contributed by atoms with van der Waals surface area (Å²) in [6.07, 6.45) is 6.14. The van der Waals surface area contributed by atoms with E-state index in [9.17, 15) is 5.11 Å². The van der Waals surface area contributed by atoms with Crippen LogP contribution in [-0.2, 0) is 4.74 Å². The molecule has 1 saturated carbocycles. The van der Waals surface area contributed by atoms with Gasteiger partial charge >= 0.3 is 0 Å². The molecule has 0 aromatic heterocycles. The first-order valence-electron chi connectivity index (χ1n) is 9.54. The number of ether oxygens (including phenoxy) is 3. The van der Waals surface area contributed by atoms with Crippen LogP contribution >= 0.6 is 0 Å². The van der Waals surface area contributed by atoms with Crippen molar-refractivity contribution in [2.24, 2.45) is 5.73 Å². The zero-order valence-corrected chi connectivity index (χ0v) is 15.2. The zero-order chi connectivity index (χ0) is 17.7. The number of unbranched alkanes of at least 4 members (excludes halogenated alkanes) is 2. The lowest BCUT2D eigenvalue weighted by molar-refractivity contribution is 0.00780. The minimum atomic E-state index is -0.432. The van der Waals surface area contributed by atoms with Crippen molar-refractivity contribution in [1.82, 2.24) is 0 Å². The molecule has 1 aromatic rings. The minimum absolute atomic E-state index is 0.0439. The Hall–Kier alpha value is -1.30. The van der Waals surface area contributed by atoms with E-state index in [1.165, 1.54) is 18.4 Å². The number of aliphatic hydroxyl groups excluding tert-OH is 1. The third-order valence-corrected chi connectivity index (χ3v) is 5.31. The predicted octanol–water partition coefficient (Wildman–Crippen LogP) is 2.99. The summed E-state index contributed by atoms with van der Waals surface area (Å²) in [7, 11) is 0. The molecule has 2 aliphatic rings. The second-order valence-electron chi connectivity index (χ2n) is 7.50. The molecule has 0 radical (unpaired) electrons. The van der Waals surface area contributed by atoms with E-state index in [-0.39, 0.29) is 12.7 Å². The molecule has 1 heterocycles. The molecule has 5 nitrogen and oxygen atoms in total. The third-order valence-electron chi connectivity index (χ3n) is 5.31. The van der Waals surface area contributed by atoms with Crippen LogP contribution in [0.2, 0.25) is 0 Å². The van der Waals surface area contributed by atoms with Crippen molar-refractivity contribution in [1.29, 1.82) is 0 Å². The third kappa shape index (κ3) is 4.66. The van der Waals surface area contributed by atoms with E-state index in [4.69, 9.17) is 19.9 Å². The van der Waals surface area contributed by atoms with Crippen molar-refractivity contribution in [2.45, 2.75) is 63.0 Å². The van der Waals surface area contributed by atoms with E-state index in [1.54, 1.807) is 0 Å². The smallest absolute Gasteiger partial charge is 0.161 e. The van der Waals surface area contributed by atoms with Gasteiger partial charge in [-0.1, -0.05) is 25.8 Å². The van der Waals surface area contributed by atoms with Crippen molar-refractivity contribution in [3.05, 3.63) is 23.8 Å². The van der Waals surface area contributed by atoms with E-state index in [2.05, 4.69) is 19.1 Å². The molecule has 1 fully saturated rings. The Balaban J connectivity index is 1.53. The molecule has 0 bridgehead atoms. The lowest BCUT2D eigenvalue weighted by atomic mass is 9.93. The molecule has 0 saturated heterocycles. The van der Waals surface area contributed by atoms with E-state index >= 15 is 0 Å². The van der Waals surface area contributed by atoms with Gasteiger partial charge in [0.2, 0.25) is 0 Å². The Kier molecular flexibility index (Phi) is 6.20. The standard InChI is InChI=1S/C20H31NO4/c1-2-3-4-9-23-12-17-13-24-19-10-15(5-6-18(19)25-17)16-7-8-20(21,11-16)14-22/h5-6,10,16-17,22H,2-4,7-9,11-14,21H2,1H3. The summed E-state index contributed by atoms with van der Waals surface area (Å²) in [5, 5.41) is 9.45. The normalized spacial score (nSPS) is 28.3. The molecule has 140 valence electrons. The van der Waals surface area contributed by atoms with Gasteiger partial charge in [-0.05, 0) is 49.3 Å². The number of benzene rings is 1. The van der Waals surface area contributed by atoms with Crippen molar-refractivity contribution < 1.29 is 19.3 Å². The molecule has 0 spiro atoms. The summed E-state index contributed by atoms with van der Waals surface area (Å²) in [5.41, 5.74) is 6.99. The summed E-state index contributed by atoms with van der Waals surface area (Å²) in [6, 6.07) is 6.16. The number of aliphatic hydroxyl groups is 1. The highest BCUT2D eigenvalue weighted by Gasteiger charge is 2.36. The lowest BCUT2D eigenvalue weighted by Gasteiger charge is -2.27. The maximum Gasteiger partial charge on any atom is 0.161 e. The second kappa shape index (κ2) is 8.39. The van der Waals surface area contributed by atoms with Crippen molar-refractivity contribution in [3.63, 3.8) is 0 Å². The molecular formula is C20H31NO4. The maximum atomic E-state index is 9.45. The zero-order valence-electron chi connectivity index (χ0n) is 15.2. The highest BCUT2D eigenvalue weighted by atomic mass is 16.6. The van der Waals surface area contributed by atoms with Crippen LogP contribution in [0.25, 0.3) is 0 Å². The van der Waals surface area contributed by atoms with Gasteiger partial charge in [-0.2, -0.15) is 0 Å². The molecule has 25 heavy (non-hydrogen) atoms. The summed E-state index contributed by atoms with van der Waals surface area (Å²) in [5.74, 6) is 1.97. The fourth-order valence-electron chi connectivity index (χ4n) is 3.72. The first-order chi connectivity index (χ1) is 12.1. The number of nitrogens with two attached hydrogens (primary N) is 1. The molecule has 5 heteroatoms. The Morgan fingerprint density at radius 2 is 2.20 bits per heavy atom. The van der Waals surface area contributed by atoms with Crippen LogP contribution in [0, 0.1) is 0 Å². The van der Waals surface area contributed by atoms with Gasteiger partial charge in [0.1, 0.15) is 6.61 Å². The summed E-state index contributed by atoms with van der Waals surface area (Å²) < 4.78 is 17.6. The summed E-state index contributed by atoms with van der Waals surface area (Å²) in [4.78, 5) is 0. The second-order valence-corrected chi connectivity index (χ2v) is 7.50. The van der Waals surface area contributed by atoms with E-state index in [0.717, 1.165) is 43.8 Å². The molecule has 1 aromatic carbocycles. The van der Waals surface area contributed by atoms with E-state index < -0.39 is 5.54 Å². The van der Waals surface area contributed by atoms with Crippen LogP contribution in [0.5, 0.6) is 11.5 Å². The highest BCUT2D eigenvalue weighted by molar-refractivity contribution is 5.45. The number of hydrogen-bond donors (Lipinski definition) is 2. The largest absolute Gasteiger partial charge is 0.486 e. The monoisotopic (exact) mass is 349 g/mol. The quantitative estimate of drug-likeness (QED) is 0.706. The Labute approximate surface area is 150 Å². The fourth-order valence-corrected chi connectivity index (χ4v) is 3.72. The molecule has 3 N–H and O–H groups in total. The van der Waals surface area contributed by atoms with Crippen LogP contribution in [0.1, 0.15) is 56.9 Å². The molecule has 1 aliphatic carbocycles. The number of fused-ring (bicyclic) bond motifs is 1. The minimum Gasteiger partial charge on any atom is -0.486 e. The highest BCUT2D eigenvalue weighted by Crippen LogP contribution is 2.42. The van der Waals surface area contributed by atoms with E-state index in [1.807, 2.05) is 6.07 Å². The lowest BCUT2D eigenvalue weighted by Crippen LogP contribution is -2.40. The van der Waals surface area contributed by atoms with Gasteiger partial charge in [-0.15, -0.1) is 0 Å². The molecule has 1 aliphatic heterocycles. The molecule has 3 atom stereocenters. The van der Waals surface area contributed by atoms with Crippen LogP contribution in [0.4, 0.5) is 0 Å². The van der Waals surface area contributed by atoms with Gasteiger partial charge in [-0.3, -0.25) is 0 Å². The van der Waals surface area contributed by atoms with Gasteiger partial charge in [-0.25, -0.2) is 0 Å². The maximum absolute atomic E-state index is 9.45.